The quantitative estimate of drug-likeness (QED) is 0.839. The zero-order chi connectivity index (χ0) is 13.1. The Kier molecular flexibility index (Phi) is 3.45. The van der Waals surface area contributed by atoms with Crippen molar-refractivity contribution >= 4 is 22.9 Å². The molecule has 0 saturated heterocycles. The van der Waals surface area contributed by atoms with Gasteiger partial charge in [0.05, 0.1) is 5.01 Å². The molecular formula is C14H12N2OS. The van der Waals surface area contributed by atoms with E-state index in [1.54, 1.807) is 12.1 Å². The van der Waals surface area contributed by atoms with Gasteiger partial charge in [-0.25, -0.2) is 4.98 Å². The van der Waals surface area contributed by atoms with Crippen molar-refractivity contribution in [2.24, 2.45) is 0 Å². The van der Waals surface area contributed by atoms with Crippen molar-refractivity contribution in [1.29, 1.82) is 0 Å². The smallest absolute Gasteiger partial charge is 0.275 e. The van der Waals surface area contributed by atoms with Crippen molar-refractivity contribution in [2.45, 2.75) is 13.8 Å². The third-order valence-electron chi connectivity index (χ3n) is 2.41. The Morgan fingerprint density at radius 3 is 2.83 bits per heavy atom. The van der Waals surface area contributed by atoms with Crippen molar-refractivity contribution < 1.29 is 4.79 Å². The van der Waals surface area contributed by atoms with Crippen LogP contribution in [0.3, 0.4) is 0 Å². The molecule has 2 aromatic rings. The van der Waals surface area contributed by atoms with Crippen molar-refractivity contribution in [3.05, 3.63) is 45.4 Å². The average Bonchev–Trinajstić information content (AvgIpc) is 2.69. The van der Waals surface area contributed by atoms with Gasteiger partial charge in [0.1, 0.15) is 5.69 Å². The van der Waals surface area contributed by atoms with Crippen LogP contribution in [0.15, 0.2) is 24.3 Å². The minimum Gasteiger partial charge on any atom is -0.321 e. The van der Waals surface area contributed by atoms with Crippen LogP contribution in [-0.4, -0.2) is 10.9 Å². The Balaban J connectivity index is 2.21. The van der Waals surface area contributed by atoms with Crippen LogP contribution in [0.1, 0.15) is 25.9 Å². The number of carbonyl (C=O) groups is 1. The number of hydrogen-bond donors (Lipinski definition) is 1. The van der Waals surface area contributed by atoms with Crippen LogP contribution in [0.5, 0.6) is 0 Å². The zero-order valence-electron chi connectivity index (χ0n) is 10.2. The Bertz CT molecular complexity index is 637. The van der Waals surface area contributed by atoms with Gasteiger partial charge in [0.15, 0.2) is 0 Å². The molecule has 0 unspecified atom stereocenters. The van der Waals surface area contributed by atoms with E-state index in [4.69, 9.17) is 6.42 Å². The van der Waals surface area contributed by atoms with Crippen LogP contribution < -0.4 is 5.32 Å². The predicted molar refractivity (Wildman–Crippen MR) is 73.9 cm³/mol. The van der Waals surface area contributed by atoms with Gasteiger partial charge < -0.3 is 5.32 Å². The van der Waals surface area contributed by atoms with Gasteiger partial charge in [-0.15, -0.1) is 17.8 Å². The summed E-state index contributed by atoms with van der Waals surface area (Å²) in [7, 11) is 0. The molecule has 0 saturated carbocycles. The number of carbonyl (C=O) groups excluding carboxylic acids is 1. The van der Waals surface area contributed by atoms with Gasteiger partial charge in [0, 0.05) is 16.1 Å². The summed E-state index contributed by atoms with van der Waals surface area (Å²) in [6.45, 7) is 3.77. The number of thiazole rings is 1. The number of nitrogens with zero attached hydrogens (tertiary/aromatic N) is 1. The predicted octanol–water partition coefficient (Wildman–Crippen LogP) is 2.99. The minimum atomic E-state index is -0.203. The molecule has 2 rings (SSSR count). The second-order valence-corrected chi connectivity index (χ2v) is 5.22. The minimum absolute atomic E-state index is 0.203. The standard InChI is InChI=1S/C14H12N2OS/c1-4-11-6-5-7-12(8-11)16-14(17)13-9(2)18-10(3)15-13/h1,5-8H,2-3H3,(H,16,17). The number of benzene rings is 1. The highest BCUT2D eigenvalue weighted by Gasteiger charge is 2.13. The molecule has 0 atom stereocenters. The molecule has 0 fully saturated rings. The molecule has 1 N–H and O–H groups in total. The second-order valence-electron chi connectivity index (χ2n) is 3.82. The van der Waals surface area contributed by atoms with Gasteiger partial charge in [0.25, 0.3) is 5.91 Å². The van der Waals surface area contributed by atoms with E-state index in [1.807, 2.05) is 26.0 Å². The molecule has 1 heterocycles. The molecule has 0 bridgehead atoms. The molecule has 0 aliphatic heterocycles. The second kappa shape index (κ2) is 5.03. The summed E-state index contributed by atoms with van der Waals surface area (Å²) in [5.74, 6) is 2.33. The lowest BCUT2D eigenvalue weighted by Crippen LogP contribution is -2.13. The molecule has 3 nitrogen and oxygen atoms in total. The Hall–Kier alpha value is -2.12. The lowest BCUT2D eigenvalue weighted by Gasteiger charge is -2.04. The van der Waals surface area contributed by atoms with Crippen molar-refractivity contribution in [3.63, 3.8) is 0 Å². The molecule has 0 spiro atoms. The van der Waals surface area contributed by atoms with Crippen LogP contribution in [0.25, 0.3) is 0 Å². The highest BCUT2D eigenvalue weighted by Crippen LogP contribution is 2.18. The van der Waals surface area contributed by atoms with Gasteiger partial charge in [-0.3, -0.25) is 4.79 Å². The third-order valence-corrected chi connectivity index (χ3v) is 3.29. The monoisotopic (exact) mass is 256 g/mol. The lowest BCUT2D eigenvalue weighted by molar-refractivity contribution is 0.102. The summed E-state index contributed by atoms with van der Waals surface area (Å²) in [6.07, 6.45) is 5.31. The number of rotatable bonds is 2. The fourth-order valence-electron chi connectivity index (χ4n) is 1.62. The number of terminal acetylenes is 1. The number of aryl methyl sites for hydroxylation is 2. The number of hydrogen-bond acceptors (Lipinski definition) is 3. The van der Waals surface area contributed by atoms with E-state index in [0.29, 0.717) is 11.4 Å². The Morgan fingerprint density at radius 1 is 1.44 bits per heavy atom. The van der Waals surface area contributed by atoms with Crippen LogP contribution >= 0.6 is 11.3 Å². The van der Waals surface area contributed by atoms with E-state index in [1.165, 1.54) is 11.3 Å². The molecule has 1 aromatic heterocycles. The van der Waals surface area contributed by atoms with Crippen molar-refractivity contribution in [1.82, 2.24) is 4.98 Å². The zero-order valence-corrected chi connectivity index (χ0v) is 11.0. The molecule has 18 heavy (non-hydrogen) atoms. The summed E-state index contributed by atoms with van der Waals surface area (Å²) >= 11 is 1.51. The van der Waals surface area contributed by atoms with Gasteiger partial charge in [-0.1, -0.05) is 12.0 Å². The first-order valence-electron chi connectivity index (χ1n) is 5.42. The Labute approximate surface area is 110 Å². The molecule has 0 aliphatic rings. The lowest BCUT2D eigenvalue weighted by atomic mass is 10.2. The molecule has 1 amide bonds. The first-order chi connectivity index (χ1) is 8.60. The maximum absolute atomic E-state index is 12.0. The summed E-state index contributed by atoms with van der Waals surface area (Å²) in [5.41, 5.74) is 1.89. The SMILES string of the molecule is C#Cc1cccc(NC(=O)c2nc(C)sc2C)c1. The topological polar surface area (TPSA) is 42.0 Å². The van der Waals surface area contributed by atoms with Gasteiger partial charge >= 0.3 is 0 Å². The number of nitrogens with one attached hydrogen (secondary N) is 1. The van der Waals surface area contributed by atoms with E-state index in [2.05, 4.69) is 16.2 Å². The summed E-state index contributed by atoms with van der Waals surface area (Å²) in [6, 6.07) is 7.18. The number of amides is 1. The van der Waals surface area contributed by atoms with E-state index >= 15 is 0 Å². The first-order valence-corrected chi connectivity index (χ1v) is 6.24. The fraction of sp³-hybridized carbons (Fsp3) is 0.143. The van der Waals surface area contributed by atoms with Gasteiger partial charge in [0.2, 0.25) is 0 Å². The average molecular weight is 256 g/mol. The number of anilines is 1. The molecular weight excluding hydrogens is 244 g/mol. The largest absolute Gasteiger partial charge is 0.321 e. The van der Waals surface area contributed by atoms with E-state index < -0.39 is 0 Å². The molecule has 90 valence electrons. The third kappa shape index (κ3) is 2.58. The molecule has 0 aliphatic carbocycles. The highest BCUT2D eigenvalue weighted by atomic mass is 32.1. The molecule has 1 aromatic carbocycles. The maximum atomic E-state index is 12.0. The first kappa shape index (κ1) is 12.3. The molecule has 0 radical (unpaired) electrons. The van der Waals surface area contributed by atoms with Gasteiger partial charge in [-0.05, 0) is 32.0 Å². The number of aromatic nitrogens is 1. The maximum Gasteiger partial charge on any atom is 0.275 e. The van der Waals surface area contributed by atoms with Crippen LogP contribution in [-0.2, 0) is 0 Å². The van der Waals surface area contributed by atoms with Crippen LogP contribution in [0.4, 0.5) is 5.69 Å². The van der Waals surface area contributed by atoms with Crippen LogP contribution in [0.2, 0.25) is 0 Å². The van der Waals surface area contributed by atoms with E-state index in [0.717, 1.165) is 15.4 Å². The van der Waals surface area contributed by atoms with E-state index in [-0.39, 0.29) is 5.91 Å². The summed E-state index contributed by atoms with van der Waals surface area (Å²) in [4.78, 5) is 17.2. The van der Waals surface area contributed by atoms with Crippen LogP contribution in [0, 0.1) is 26.2 Å². The van der Waals surface area contributed by atoms with Crippen molar-refractivity contribution in [2.75, 3.05) is 5.32 Å². The molecule has 4 heteroatoms. The normalized spacial score (nSPS) is 9.83. The van der Waals surface area contributed by atoms with E-state index in [9.17, 15) is 4.79 Å². The van der Waals surface area contributed by atoms with Gasteiger partial charge in [-0.2, -0.15) is 0 Å². The summed E-state index contributed by atoms with van der Waals surface area (Å²) < 4.78 is 0. The summed E-state index contributed by atoms with van der Waals surface area (Å²) in [5, 5.41) is 3.68. The fourth-order valence-corrected chi connectivity index (χ4v) is 2.43. The van der Waals surface area contributed by atoms with Crippen molar-refractivity contribution in [3.8, 4) is 12.3 Å². The Morgan fingerprint density at radius 2 is 2.22 bits per heavy atom. The highest BCUT2D eigenvalue weighted by molar-refractivity contribution is 7.11.